The van der Waals surface area contributed by atoms with Crippen molar-refractivity contribution in [3.63, 3.8) is 0 Å². The second-order valence-corrected chi connectivity index (χ2v) is 5.99. The molecule has 8 heteroatoms. The Morgan fingerprint density at radius 3 is 2.80 bits per heavy atom. The summed E-state index contributed by atoms with van der Waals surface area (Å²) in [6.45, 7) is 4.71. The number of para-hydroxylation sites is 1. The van der Waals surface area contributed by atoms with Crippen LogP contribution in [0.15, 0.2) is 36.7 Å². The summed E-state index contributed by atoms with van der Waals surface area (Å²) in [5, 5.41) is 20.4. The highest BCUT2D eigenvalue weighted by Crippen LogP contribution is 2.24. The number of piperazine rings is 1. The van der Waals surface area contributed by atoms with Crippen molar-refractivity contribution in [2.45, 2.75) is 19.5 Å². The van der Waals surface area contributed by atoms with Crippen molar-refractivity contribution in [1.29, 1.82) is 5.26 Å². The Balaban J connectivity index is 1.73. The molecule has 8 nitrogen and oxygen atoms in total. The number of rotatable bonds is 4. The number of nitro benzene ring substituents is 1. The molecule has 1 aliphatic heterocycles. The van der Waals surface area contributed by atoms with Gasteiger partial charge < -0.3 is 4.90 Å². The van der Waals surface area contributed by atoms with Gasteiger partial charge in [0.2, 0.25) is 0 Å². The van der Waals surface area contributed by atoms with Crippen molar-refractivity contribution in [1.82, 2.24) is 14.9 Å². The Bertz CT molecular complexity index is 819. The van der Waals surface area contributed by atoms with E-state index in [9.17, 15) is 15.4 Å². The second-order valence-electron chi connectivity index (χ2n) is 5.99. The molecule has 0 amide bonds. The molecule has 0 saturated carbocycles. The van der Waals surface area contributed by atoms with Gasteiger partial charge in [-0.2, -0.15) is 5.26 Å². The van der Waals surface area contributed by atoms with Gasteiger partial charge in [0.15, 0.2) is 11.5 Å². The number of nitrogens with zero attached hydrogens (tertiary/aromatic N) is 6. The molecule has 0 unspecified atom stereocenters. The van der Waals surface area contributed by atoms with Crippen molar-refractivity contribution in [2.24, 2.45) is 0 Å². The first-order chi connectivity index (χ1) is 12.1. The summed E-state index contributed by atoms with van der Waals surface area (Å²) >= 11 is 0. The van der Waals surface area contributed by atoms with Crippen LogP contribution in [0.2, 0.25) is 0 Å². The highest BCUT2D eigenvalue weighted by molar-refractivity contribution is 5.50. The van der Waals surface area contributed by atoms with Gasteiger partial charge in [-0.25, -0.2) is 9.97 Å². The molecule has 1 aliphatic rings. The lowest BCUT2D eigenvalue weighted by Crippen LogP contribution is -2.52. The Morgan fingerprint density at radius 1 is 1.32 bits per heavy atom. The van der Waals surface area contributed by atoms with Gasteiger partial charge in [0.25, 0.3) is 5.69 Å². The van der Waals surface area contributed by atoms with Crippen molar-refractivity contribution >= 4 is 11.5 Å². The fourth-order valence-electron chi connectivity index (χ4n) is 3.10. The summed E-state index contributed by atoms with van der Waals surface area (Å²) < 4.78 is 0. The van der Waals surface area contributed by atoms with E-state index < -0.39 is 0 Å². The third kappa shape index (κ3) is 3.56. The molecule has 2 aromatic rings. The quantitative estimate of drug-likeness (QED) is 0.620. The number of hydrogen-bond donors (Lipinski definition) is 0. The summed E-state index contributed by atoms with van der Waals surface area (Å²) in [5.41, 5.74) is 1.18. The number of nitro groups is 1. The second kappa shape index (κ2) is 7.23. The first-order valence-corrected chi connectivity index (χ1v) is 8.02. The summed E-state index contributed by atoms with van der Waals surface area (Å²) in [6, 6.07) is 9.08. The van der Waals surface area contributed by atoms with E-state index in [1.807, 2.05) is 11.0 Å². The van der Waals surface area contributed by atoms with E-state index in [1.165, 1.54) is 12.3 Å². The van der Waals surface area contributed by atoms with Gasteiger partial charge >= 0.3 is 0 Å². The lowest BCUT2D eigenvalue weighted by molar-refractivity contribution is -0.385. The molecular formula is C17H18N6O2. The van der Waals surface area contributed by atoms with E-state index in [1.54, 1.807) is 18.3 Å². The van der Waals surface area contributed by atoms with Crippen LogP contribution in [0.1, 0.15) is 18.2 Å². The fourth-order valence-corrected chi connectivity index (χ4v) is 3.10. The maximum atomic E-state index is 11.2. The van der Waals surface area contributed by atoms with Gasteiger partial charge in [-0.05, 0) is 6.92 Å². The molecule has 0 bridgehead atoms. The maximum absolute atomic E-state index is 11.2. The van der Waals surface area contributed by atoms with Crippen molar-refractivity contribution < 1.29 is 4.92 Å². The van der Waals surface area contributed by atoms with E-state index >= 15 is 0 Å². The Hall–Kier alpha value is -3.05. The largest absolute Gasteiger partial charge is 0.351 e. The number of anilines is 1. The Morgan fingerprint density at radius 2 is 2.08 bits per heavy atom. The molecule has 1 aromatic carbocycles. The molecule has 3 rings (SSSR count). The minimum Gasteiger partial charge on any atom is -0.351 e. The maximum Gasteiger partial charge on any atom is 0.273 e. The van der Waals surface area contributed by atoms with Crippen molar-refractivity contribution in [3.8, 4) is 6.07 Å². The molecule has 1 atom stereocenters. The van der Waals surface area contributed by atoms with Crippen LogP contribution >= 0.6 is 0 Å². The van der Waals surface area contributed by atoms with Crippen LogP contribution in [-0.2, 0) is 6.54 Å². The van der Waals surface area contributed by atoms with Crippen LogP contribution < -0.4 is 4.90 Å². The van der Waals surface area contributed by atoms with Crippen LogP contribution in [0.3, 0.4) is 0 Å². The summed E-state index contributed by atoms with van der Waals surface area (Å²) in [5.74, 6) is 0.599. The smallest absolute Gasteiger partial charge is 0.273 e. The van der Waals surface area contributed by atoms with Gasteiger partial charge in [-0.3, -0.25) is 15.0 Å². The summed E-state index contributed by atoms with van der Waals surface area (Å²) in [6.07, 6.45) is 3.09. The van der Waals surface area contributed by atoms with Crippen LogP contribution in [0.5, 0.6) is 0 Å². The Labute approximate surface area is 145 Å². The SMILES string of the molecule is C[C@H]1CN(c2nccnc2C#N)CCN1Cc1ccccc1[N+](=O)[O-]. The Kier molecular flexibility index (Phi) is 4.86. The highest BCUT2D eigenvalue weighted by Gasteiger charge is 2.27. The van der Waals surface area contributed by atoms with Crippen LogP contribution in [0.25, 0.3) is 0 Å². The van der Waals surface area contributed by atoms with Crippen LogP contribution in [-0.4, -0.2) is 45.5 Å². The number of benzene rings is 1. The minimum atomic E-state index is -0.338. The van der Waals surface area contributed by atoms with Crippen LogP contribution in [0.4, 0.5) is 11.5 Å². The normalized spacial score (nSPS) is 17.9. The zero-order chi connectivity index (χ0) is 17.8. The van der Waals surface area contributed by atoms with Gasteiger partial charge in [0.05, 0.1) is 4.92 Å². The van der Waals surface area contributed by atoms with E-state index in [0.717, 1.165) is 6.54 Å². The minimum absolute atomic E-state index is 0.151. The monoisotopic (exact) mass is 338 g/mol. The molecule has 128 valence electrons. The lowest BCUT2D eigenvalue weighted by Gasteiger charge is -2.40. The molecule has 25 heavy (non-hydrogen) atoms. The average molecular weight is 338 g/mol. The zero-order valence-corrected chi connectivity index (χ0v) is 13.9. The molecule has 1 aromatic heterocycles. The van der Waals surface area contributed by atoms with Gasteiger partial charge in [-0.1, -0.05) is 18.2 Å². The predicted octanol–water partition coefficient (Wildman–Crippen LogP) is 1.97. The van der Waals surface area contributed by atoms with Gasteiger partial charge in [0.1, 0.15) is 6.07 Å². The number of hydrogen-bond acceptors (Lipinski definition) is 7. The lowest BCUT2D eigenvalue weighted by atomic mass is 10.1. The number of aromatic nitrogens is 2. The molecule has 0 spiro atoms. The van der Waals surface area contributed by atoms with Gasteiger partial charge in [0, 0.05) is 56.2 Å². The molecule has 2 heterocycles. The summed E-state index contributed by atoms with van der Waals surface area (Å²) in [4.78, 5) is 23.5. The van der Waals surface area contributed by atoms with E-state index in [0.29, 0.717) is 36.7 Å². The first kappa shape index (κ1) is 16.8. The average Bonchev–Trinajstić information content (AvgIpc) is 2.63. The third-order valence-electron chi connectivity index (χ3n) is 4.41. The standard InChI is InChI=1S/C17H18N6O2/c1-13-11-22(17-15(10-18)19-6-7-20-17)9-8-21(13)12-14-4-2-3-5-16(14)23(24)25/h2-7,13H,8-9,11-12H2,1H3/t13-/m0/s1. The molecule has 1 fully saturated rings. The van der Waals surface area contributed by atoms with Crippen molar-refractivity contribution in [3.05, 3.63) is 58.0 Å². The molecule has 0 radical (unpaired) electrons. The molecule has 0 aliphatic carbocycles. The number of nitriles is 1. The van der Waals surface area contributed by atoms with E-state index in [2.05, 4.69) is 27.9 Å². The van der Waals surface area contributed by atoms with Gasteiger partial charge in [-0.15, -0.1) is 0 Å². The fraction of sp³-hybridized carbons (Fsp3) is 0.353. The third-order valence-corrected chi connectivity index (χ3v) is 4.41. The van der Waals surface area contributed by atoms with E-state index in [-0.39, 0.29) is 16.7 Å². The van der Waals surface area contributed by atoms with E-state index in [4.69, 9.17) is 0 Å². The molecule has 0 N–H and O–H groups in total. The highest BCUT2D eigenvalue weighted by atomic mass is 16.6. The summed E-state index contributed by atoms with van der Waals surface area (Å²) in [7, 11) is 0. The van der Waals surface area contributed by atoms with Crippen LogP contribution in [0, 0.1) is 21.4 Å². The predicted molar refractivity (Wildman–Crippen MR) is 91.9 cm³/mol. The topological polar surface area (TPSA) is 99.2 Å². The zero-order valence-electron chi connectivity index (χ0n) is 13.9. The first-order valence-electron chi connectivity index (χ1n) is 8.02. The van der Waals surface area contributed by atoms with Crippen molar-refractivity contribution in [2.75, 3.05) is 24.5 Å². The molecule has 1 saturated heterocycles. The molecular weight excluding hydrogens is 320 g/mol.